The van der Waals surface area contributed by atoms with Crippen molar-refractivity contribution in [2.45, 2.75) is 12.5 Å². The summed E-state index contributed by atoms with van der Waals surface area (Å²) in [5.74, 6) is 0.133. The van der Waals surface area contributed by atoms with E-state index in [1.54, 1.807) is 24.3 Å². The van der Waals surface area contributed by atoms with Crippen LogP contribution < -0.4 is 4.74 Å². The van der Waals surface area contributed by atoms with E-state index in [9.17, 15) is 9.50 Å². The fourth-order valence-corrected chi connectivity index (χ4v) is 2.40. The van der Waals surface area contributed by atoms with E-state index in [0.717, 1.165) is 0 Å². The summed E-state index contributed by atoms with van der Waals surface area (Å²) in [5, 5.41) is 11.1. The molecule has 0 saturated carbocycles. The summed E-state index contributed by atoms with van der Waals surface area (Å²) in [6, 6.07) is 9.09. The molecule has 0 aliphatic rings. The molecule has 0 fully saturated rings. The van der Waals surface area contributed by atoms with Crippen LogP contribution in [-0.2, 0) is 6.42 Å². The molecule has 0 saturated heterocycles. The first-order valence-electron chi connectivity index (χ1n) is 5.96. The van der Waals surface area contributed by atoms with Gasteiger partial charge in [-0.25, -0.2) is 4.39 Å². The normalized spacial score (nSPS) is 12.2. The first-order valence-corrected chi connectivity index (χ1v) is 6.72. The van der Waals surface area contributed by atoms with Crippen molar-refractivity contribution in [2.75, 3.05) is 7.11 Å². The highest BCUT2D eigenvalue weighted by Gasteiger charge is 2.16. The van der Waals surface area contributed by atoms with Gasteiger partial charge in [-0.05, 0) is 35.9 Å². The molecule has 2 rings (SSSR count). The summed E-state index contributed by atoms with van der Waals surface area (Å²) in [7, 11) is 1.52. The second kappa shape index (κ2) is 6.44. The maximum atomic E-state index is 13.0. The van der Waals surface area contributed by atoms with Gasteiger partial charge in [0.05, 0.1) is 13.2 Å². The van der Waals surface area contributed by atoms with Crippen LogP contribution in [0.15, 0.2) is 36.4 Å². The lowest BCUT2D eigenvalue weighted by molar-refractivity contribution is 0.174. The van der Waals surface area contributed by atoms with E-state index >= 15 is 0 Å². The molecule has 0 amide bonds. The third-order valence-electron chi connectivity index (χ3n) is 2.98. The largest absolute Gasteiger partial charge is 0.496 e. The Morgan fingerprint density at radius 1 is 1.20 bits per heavy atom. The number of aliphatic hydroxyl groups excluding tert-OH is 1. The minimum atomic E-state index is -0.841. The lowest BCUT2D eigenvalue weighted by atomic mass is 10.0. The number of hydrogen-bond acceptors (Lipinski definition) is 2. The van der Waals surface area contributed by atoms with E-state index in [1.165, 1.54) is 19.2 Å². The molecule has 0 aliphatic carbocycles. The van der Waals surface area contributed by atoms with Crippen LogP contribution >= 0.6 is 23.2 Å². The molecular weight excluding hydrogens is 302 g/mol. The molecule has 2 aromatic rings. The van der Waals surface area contributed by atoms with Gasteiger partial charge in [-0.3, -0.25) is 0 Å². The van der Waals surface area contributed by atoms with Gasteiger partial charge < -0.3 is 9.84 Å². The fraction of sp³-hybridized carbons (Fsp3) is 0.200. The van der Waals surface area contributed by atoms with Gasteiger partial charge in [0.15, 0.2) is 0 Å². The summed E-state index contributed by atoms with van der Waals surface area (Å²) in [5.41, 5.74) is 1.22. The van der Waals surface area contributed by atoms with Gasteiger partial charge in [0.1, 0.15) is 11.6 Å². The molecule has 2 nitrogen and oxygen atoms in total. The Hall–Kier alpha value is -1.29. The van der Waals surface area contributed by atoms with Crippen molar-refractivity contribution in [3.63, 3.8) is 0 Å². The first-order chi connectivity index (χ1) is 9.51. The Balaban J connectivity index is 2.27. The second-order valence-electron chi connectivity index (χ2n) is 4.34. The molecule has 1 N–H and O–H groups in total. The maximum Gasteiger partial charge on any atom is 0.124 e. The van der Waals surface area contributed by atoms with Crippen LogP contribution in [0.5, 0.6) is 5.75 Å². The molecule has 20 heavy (non-hydrogen) atoms. The van der Waals surface area contributed by atoms with Gasteiger partial charge >= 0.3 is 0 Å². The van der Waals surface area contributed by atoms with Crippen LogP contribution in [0.4, 0.5) is 4.39 Å². The van der Waals surface area contributed by atoms with E-state index < -0.39 is 11.9 Å². The minimum absolute atomic E-state index is 0.246. The average Bonchev–Trinajstić information content (AvgIpc) is 2.41. The Morgan fingerprint density at radius 2 is 1.95 bits per heavy atom. The lowest BCUT2D eigenvalue weighted by Gasteiger charge is -2.16. The van der Waals surface area contributed by atoms with Crippen molar-refractivity contribution < 1.29 is 14.2 Å². The molecule has 0 heterocycles. The van der Waals surface area contributed by atoms with Gasteiger partial charge in [-0.1, -0.05) is 29.3 Å². The van der Waals surface area contributed by atoms with Gasteiger partial charge in [-0.15, -0.1) is 0 Å². The number of benzene rings is 2. The Kier molecular flexibility index (Phi) is 4.86. The molecule has 106 valence electrons. The number of halogens is 3. The van der Waals surface area contributed by atoms with Gasteiger partial charge in [0.2, 0.25) is 0 Å². The van der Waals surface area contributed by atoms with E-state index in [0.29, 0.717) is 21.9 Å². The van der Waals surface area contributed by atoms with Gasteiger partial charge in [-0.2, -0.15) is 0 Å². The molecule has 0 spiro atoms. The van der Waals surface area contributed by atoms with Crippen molar-refractivity contribution in [2.24, 2.45) is 0 Å². The highest BCUT2D eigenvalue weighted by atomic mass is 35.5. The molecule has 0 aromatic heterocycles. The van der Waals surface area contributed by atoms with Gasteiger partial charge in [0.25, 0.3) is 0 Å². The van der Waals surface area contributed by atoms with Crippen LogP contribution in [-0.4, -0.2) is 12.2 Å². The van der Waals surface area contributed by atoms with E-state index in [4.69, 9.17) is 27.9 Å². The number of rotatable bonds is 4. The maximum absolute atomic E-state index is 13.0. The molecule has 2 aromatic carbocycles. The van der Waals surface area contributed by atoms with Crippen LogP contribution in [0, 0.1) is 5.82 Å². The first kappa shape index (κ1) is 15.1. The summed E-state index contributed by atoms with van der Waals surface area (Å²) in [6.45, 7) is 0. The van der Waals surface area contributed by atoms with Crippen LogP contribution in [0.3, 0.4) is 0 Å². The zero-order chi connectivity index (χ0) is 14.7. The topological polar surface area (TPSA) is 29.5 Å². The number of aliphatic hydroxyl groups is 1. The van der Waals surface area contributed by atoms with E-state index in [2.05, 4.69) is 0 Å². The van der Waals surface area contributed by atoms with Gasteiger partial charge in [0, 0.05) is 22.0 Å². The zero-order valence-electron chi connectivity index (χ0n) is 10.7. The van der Waals surface area contributed by atoms with Crippen molar-refractivity contribution in [1.29, 1.82) is 0 Å². The van der Waals surface area contributed by atoms with Crippen molar-refractivity contribution in [1.82, 2.24) is 0 Å². The molecule has 1 unspecified atom stereocenters. The SMILES string of the molecule is COc1ccc(Cl)cc1C(O)Cc1ccc(F)cc1Cl. The summed E-state index contributed by atoms with van der Waals surface area (Å²) < 4.78 is 18.2. The third kappa shape index (κ3) is 3.42. The minimum Gasteiger partial charge on any atom is -0.496 e. The molecule has 0 aliphatic heterocycles. The molecule has 1 atom stereocenters. The van der Waals surface area contributed by atoms with Crippen molar-refractivity contribution in [3.8, 4) is 5.75 Å². The predicted octanol–water partition coefficient (Wildman–Crippen LogP) is 4.42. The smallest absolute Gasteiger partial charge is 0.124 e. The molecule has 5 heteroatoms. The van der Waals surface area contributed by atoms with Crippen LogP contribution in [0.2, 0.25) is 10.0 Å². The van der Waals surface area contributed by atoms with Crippen molar-refractivity contribution in [3.05, 3.63) is 63.4 Å². The predicted molar refractivity (Wildman–Crippen MR) is 78.1 cm³/mol. The quantitative estimate of drug-likeness (QED) is 0.905. The second-order valence-corrected chi connectivity index (χ2v) is 5.19. The Labute approximate surface area is 126 Å². The highest BCUT2D eigenvalue weighted by Crippen LogP contribution is 2.31. The lowest BCUT2D eigenvalue weighted by Crippen LogP contribution is -2.05. The molecule has 0 radical (unpaired) electrons. The highest BCUT2D eigenvalue weighted by molar-refractivity contribution is 6.31. The number of methoxy groups -OCH3 is 1. The Bertz CT molecular complexity index is 617. The van der Waals surface area contributed by atoms with Crippen molar-refractivity contribution >= 4 is 23.2 Å². The molecule has 0 bridgehead atoms. The molecular formula is C15H13Cl2FO2. The summed E-state index contributed by atoms with van der Waals surface area (Å²) in [4.78, 5) is 0. The average molecular weight is 315 g/mol. The zero-order valence-corrected chi connectivity index (χ0v) is 12.2. The number of ether oxygens (including phenoxy) is 1. The van der Waals surface area contributed by atoms with Crippen LogP contribution in [0.1, 0.15) is 17.2 Å². The monoisotopic (exact) mass is 314 g/mol. The van der Waals surface area contributed by atoms with Crippen LogP contribution in [0.25, 0.3) is 0 Å². The summed E-state index contributed by atoms with van der Waals surface area (Å²) in [6.07, 6.45) is -0.595. The summed E-state index contributed by atoms with van der Waals surface area (Å²) >= 11 is 11.9. The fourth-order valence-electron chi connectivity index (χ4n) is 1.97. The van der Waals surface area contributed by atoms with E-state index in [1.807, 2.05) is 0 Å². The standard InChI is InChI=1S/C15H13Cl2FO2/c1-20-15-5-3-10(16)7-12(15)14(19)6-9-2-4-11(18)8-13(9)17/h2-5,7-8,14,19H,6H2,1H3. The third-order valence-corrected chi connectivity index (χ3v) is 3.57. The number of hydrogen-bond donors (Lipinski definition) is 1. The van der Waals surface area contributed by atoms with E-state index in [-0.39, 0.29) is 11.4 Å². The Morgan fingerprint density at radius 3 is 2.60 bits per heavy atom.